The summed E-state index contributed by atoms with van der Waals surface area (Å²) in [7, 11) is 0. The smallest absolute Gasteiger partial charge is 0.416 e. The first-order valence-electron chi connectivity index (χ1n) is 11.7. The Hall–Kier alpha value is -3.73. The van der Waals surface area contributed by atoms with Gasteiger partial charge in [0.1, 0.15) is 5.82 Å². The van der Waals surface area contributed by atoms with Gasteiger partial charge in [-0.2, -0.15) is 18.3 Å². The van der Waals surface area contributed by atoms with E-state index >= 15 is 0 Å². The molecule has 37 heavy (non-hydrogen) atoms. The summed E-state index contributed by atoms with van der Waals surface area (Å²) in [6, 6.07) is 5.13. The van der Waals surface area contributed by atoms with Gasteiger partial charge in [-0.1, -0.05) is 6.07 Å². The van der Waals surface area contributed by atoms with Gasteiger partial charge in [0, 0.05) is 35.2 Å². The number of nitrogens with zero attached hydrogens (tertiary/aromatic N) is 2. The molecule has 0 bridgehead atoms. The molecule has 2 fully saturated rings. The predicted octanol–water partition coefficient (Wildman–Crippen LogP) is 5.35. The van der Waals surface area contributed by atoms with Gasteiger partial charge in [0.2, 0.25) is 5.91 Å². The maximum Gasteiger partial charge on any atom is 0.416 e. The molecule has 1 aliphatic carbocycles. The number of rotatable bonds is 6. The summed E-state index contributed by atoms with van der Waals surface area (Å²) in [5.74, 6) is -2.92. The van der Waals surface area contributed by atoms with Crippen LogP contribution in [0.5, 0.6) is 0 Å². The van der Waals surface area contributed by atoms with Crippen molar-refractivity contribution < 1.29 is 37.0 Å². The number of benzene rings is 2. The van der Waals surface area contributed by atoms with Crippen molar-refractivity contribution in [2.75, 3.05) is 18.5 Å². The molecule has 3 aromatic rings. The van der Waals surface area contributed by atoms with Crippen molar-refractivity contribution in [3.05, 3.63) is 70.8 Å². The fourth-order valence-corrected chi connectivity index (χ4v) is 4.88. The highest BCUT2D eigenvalue weighted by atomic mass is 19.4. The normalized spacial score (nSPS) is 18.6. The minimum Gasteiger partial charge on any atom is -0.478 e. The number of aromatic nitrogens is 2. The minimum atomic E-state index is -4.70. The fourth-order valence-electron chi connectivity index (χ4n) is 4.88. The first-order valence-corrected chi connectivity index (χ1v) is 11.7. The van der Waals surface area contributed by atoms with Gasteiger partial charge in [0.15, 0.2) is 0 Å². The van der Waals surface area contributed by atoms with Crippen LogP contribution in [-0.4, -0.2) is 40.0 Å². The molecule has 1 aliphatic heterocycles. The Morgan fingerprint density at radius 2 is 1.97 bits per heavy atom. The first kappa shape index (κ1) is 24.9. The van der Waals surface area contributed by atoms with Crippen molar-refractivity contribution in [3.8, 4) is 11.1 Å². The lowest BCUT2D eigenvalue weighted by molar-refractivity contribution is -0.137. The summed E-state index contributed by atoms with van der Waals surface area (Å²) >= 11 is 0. The molecule has 5 rings (SSSR count). The molecule has 2 N–H and O–H groups in total. The quantitative estimate of drug-likeness (QED) is 0.430. The second-order valence-electron chi connectivity index (χ2n) is 9.48. The van der Waals surface area contributed by atoms with Crippen LogP contribution in [0.3, 0.4) is 0 Å². The maximum atomic E-state index is 14.6. The number of hydrogen-bond donors (Lipinski definition) is 2. The van der Waals surface area contributed by atoms with Crippen molar-refractivity contribution >= 4 is 17.6 Å². The van der Waals surface area contributed by atoms with E-state index in [0.29, 0.717) is 36.0 Å². The summed E-state index contributed by atoms with van der Waals surface area (Å²) in [6.07, 6.45) is -0.0384. The second kappa shape index (κ2) is 8.98. The summed E-state index contributed by atoms with van der Waals surface area (Å²) in [4.78, 5) is 25.3. The number of carbonyl (C=O) groups is 2. The molecule has 1 saturated carbocycles. The maximum absolute atomic E-state index is 14.6. The SMILES string of the molecule is Cc1cc(NC(=O)C2(c3ccc(C(F)(F)F)cc3F)CC2)cc(C(=O)O)c1-c1cnn([C@H]2CCOC2)c1. The molecule has 1 amide bonds. The average molecular weight is 517 g/mol. The van der Waals surface area contributed by atoms with Crippen LogP contribution in [-0.2, 0) is 21.1 Å². The Bertz CT molecular complexity index is 1390. The summed E-state index contributed by atoms with van der Waals surface area (Å²) in [5, 5.41) is 16.9. The Kier molecular flexibility index (Phi) is 6.06. The molecule has 2 heterocycles. The van der Waals surface area contributed by atoms with Gasteiger partial charge in [-0.25, -0.2) is 9.18 Å². The highest BCUT2D eigenvalue weighted by Crippen LogP contribution is 2.50. The number of anilines is 1. The van der Waals surface area contributed by atoms with E-state index < -0.39 is 34.8 Å². The molecular formula is C26H23F4N3O4. The minimum absolute atomic E-state index is 0.0527. The number of aryl methyl sites for hydroxylation is 1. The molecular weight excluding hydrogens is 494 g/mol. The third-order valence-corrected chi connectivity index (χ3v) is 6.99. The molecule has 0 radical (unpaired) electrons. The van der Waals surface area contributed by atoms with Crippen molar-refractivity contribution in [2.45, 2.75) is 43.8 Å². The van der Waals surface area contributed by atoms with E-state index in [9.17, 15) is 32.3 Å². The van der Waals surface area contributed by atoms with Gasteiger partial charge >= 0.3 is 12.1 Å². The lowest BCUT2D eigenvalue weighted by Crippen LogP contribution is -2.29. The lowest BCUT2D eigenvalue weighted by Gasteiger charge is -2.19. The van der Waals surface area contributed by atoms with Crippen LogP contribution in [0.25, 0.3) is 11.1 Å². The molecule has 194 valence electrons. The summed E-state index contributed by atoms with van der Waals surface area (Å²) in [6.45, 7) is 2.86. The van der Waals surface area contributed by atoms with Crippen LogP contribution in [0.4, 0.5) is 23.2 Å². The first-order chi connectivity index (χ1) is 17.5. The van der Waals surface area contributed by atoms with Crippen LogP contribution in [0.2, 0.25) is 0 Å². The zero-order valence-corrected chi connectivity index (χ0v) is 19.7. The standard InChI is InChI=1S/C26H23F4N3O4/c1-14-8-17(10-19(23(34)35)22(14)15-11-31-33(12-15)18-4-7-37-13-18)32-24(36)25(5-6-25)20-3-2-16(9-21(20)27)26(28,29)30/h2-3,8-12,18H,4-7,13H2,1H3,(H,32,36)(H,34,35)/t18-/m0/s1. The number of amides is 1. The monoisotopic (exact) mass is 517 g/mol. The third-order valence-electron chi connectivity index (χ3n) is 6.99. The van der Waals surface area contributed by atoms with E-state index in [1.807, 2.05) is 0 Å². The number of carboxylic acids is 1. The topological polar surface area (TPSA) is 93.5 Å². The Morgan fingerprint density at radius 3 is 2.57 bits per heavy atom. The Morgan fingerprint density at radius 1 is 1.22 bits per heavy atom. The predicted molar refractivity (Wildman–Crippen MR) is 125 cm³/mol. The van der Waals surface area contributed by atoms with Gasteiger partial charge in [-0.05, 0) is 56.0 Å². The second-order valence-corrected chi connectivity index (χ2v) is 9.48. The summed E-state index contributed by atoms with van der Waals surface area (Å²) in [5.41, 5.74) is -0.797. The van der Waals surface area contributed by atoms with E-state index in [2.05, 4.69) is 10.4 Å². The van der Waals surface area contributed by atoms with E-state index in [0.717, 1.165) is 18.6 Å². The van der Waals surface area contributed by atoms with Crippen LogP contribution in [0, 0.1) is 12.7 Å². The van der Waals surface area contributed by atoms with E-state index in [4.69, 9.17) is 4.74 Å². The largest absolute Gasteiger partial charge is 0.478 e. The Balaban J connectivity index is 1.43. The molecule has 2 aromatic carbocycles. The third kappa shape index (κ3) is 4.59. The van der Waals surface area contributed by atoms with E-state index in [-0.39, 0.29) is 35.7 Å². The van der Waals surface area contributed by atoms with Crippen molar-refractivity contribution in [3.63, 3.8) is 0 Å². The molecule has 7 nitrogen and oxygen atoms in total. The van der Waals surface area contributed by atoms with Gasteiger partial charge in [0.25, 0.3) is 0 Å². The number of carbonyl (C=O) groups excluding carboxylic acids is 1. The molecule has 2 aliphatic rings. The number of alkyl halides is 3. The molecule has 0 unspecified atom stereocenters. The van der Waals surface area contributed by atoms with E-state index in [1.54, 1.807) is 30.1 Å². The van der Waals surface area contributed by atoms with Crippen LogP contribution < -0.4 is 5.32 Å². The fraction of sp³-hybridized carbons (Fsp3) is 0.346. The number of nitrogens with one attached hydrogen (secondary N) is 1. The molecule has 1 saturated heterocycles. The molecule has 0 spiro atoms. The van der Waals surface area contributed by atoms with Crippen LogP contribution in [0.1, 0.15) is 52.4 Å². The zero-order valence-electron chi connectivity index (χ0n) is 19.7. The van der Waals surface area contributed by atoms with Gasteiger partial charge in [-0.3, -0.25) is 9.48 Å². The van der Waals surface area contributed by atoms with Crippen molar-refractivity contribution in [2.24, 2.45) is 0 Å². The number of ether oxygens (including phenoxy) is 1. The number of halogens is 4. The molecule has 11 heteroatoms. The number of hydrogen-bond acceptors (Lipinski definition) is 4. The Labute approximate surface area is 209 Å². The van der Waals surface area contributed by atoms with Gasteiger partial charge < -0.3 is 15.2 Å². The van der Waals surface area contributed by atoms with Gasteiger partial charge in [0.05, 0.1) is 35.4 Å². The molecule has 1 atom stereocenters. The average Bonchev–Trinajstić information content (AvgIpc) is 3.21. The molecule has 1 aromatic heterocycles. The number of aromatic carboxylic acids is 1. The van der Waals surface area contributed by atoms with E-state index in [1.165, 1.54) is 6.07 Å². The van der Waals surface area contributed by atoms with Crippen LogP contribution >= 0.6 is 0 Å². The van der Waals surface area contributed by atoms with Crippen molar-refractivity contribution in [1.82, 2.24) is 9.78 Å². The highest BCUT2D eigenvalue weighted by molar-refractivity contribution is 6.04. The van der Waals surface area contributed by atoms with Gasteiger partial charge in [-0.15, -0.1) is 0 Å². The highest BCUT2D eigenvalue weighted by Gasteiger charge is 2.53. The van der Waals surface area contributed by atoms with Crippen molar-refractivity contribution in [1.29, 1.82) is 0 Å². The van der Waals surface area contributed by atoms with Crippen LogP contribution in [0.15, 0.2) is 42.7 Å². The lowest BCUT2D eigenvalue weighted by atomic mass is 9.92. The zero-order chi connectivity index (χ0) is 26.5. The summed E-state index contributed by atoms with van der Waals surface area (Å²) < 4.78 is 60.6. The number of carboxylic acid groups (broad SMARTS) is 1.